The summed E-state index contributed by atoms with van der Waals surface area (Å²) in [5.74, 6) is 2.98. The first kappa shape index (κ1) is 23.4. The highest BCUT2D eigenvalue weighted by Crippen LogP contribution is 2.38. The van der Waals surface area contributed by atoms with Gasteiger partial charge in [0, 0.05) is 38.8 Å². The average Bonchev–Trinajstić information content (AvgIpc) is 3.37. The summed E-state index contributed by atoms with van der Waals surface area (Å²) in [7, 11) is 3.07. The van der Waals surface area contributed by atoms with Gasteiger partial charge in [0.25, 0.3) is 0 Å². The fourth-order valence-corrected chi connectivity index (χ4v) is 4.31. The molecule has 0 unspecified atom stereocenters. The molecule has 0 amide bonds. The zero-order valence-electron chi connectivity index (χ0n) is 20.0. The van der Waals surface area contributed by atoms with Crippen molar-refractivity contribution in [2.45, 2.75) is 6.54 Å². The molecule has 0 bridgehead atoms. The Balaban J connectivity index is 1.31. The van der Waals surface area contributed by atoms with E-state index in [0.29, 0.717) is 30.3 Å². The number of methoxy groups -OCH3 is 2. The predicted octanol–water partition coefficient (Wildman–Crippen LogP) is 3.20. The number of benzene rings is 2. The van der Waals surface area contributed by atoms with Crippen LogP contribution in [-0.4, -0.2) is 67.0 Å². The molecular weight excluding hydrogens is 468 g/mol. The number of nitro groups is 1. The summed E-state index contributed by atoms with van der Waals surface area (Å²) in [5, 5.41) is 15.1. The third-order valence-electron chi connectivity index (χ3n) is 6.16. The number of ether oxygens (including phenoxy) is 4. The van der Waals surface area contributed by atoms with Crippen molar-refractivity contribution in [2.75, 3.05) is 57.4 Å². The number of hydrogen-bond donors (Lipinski definition) is 1. The third-order valence-corrected chi connectivity index (χ3v) is 6.16. The van der Waals surface area contributed by atoms with Gasteiger partial charge < -0.3 is 29.2 Å². The Hall–Kier alpha value is -4.32. The first-order valence-corrected chi connectivity index (χ1v) is 11.4. The number of hydrogen-bond acceptors (Lipinski definition) is 11. The molecule has 188 valence electrons. The van der Waals surface area contributed by atoms with Crippen LogP contribution in [-0.2, 0) is 6.54 Å². The van der Waals surface area contributed by atoms with E-state index in [1.165, 1.54) is 13.4 Å². The van der Waals surface area contributed by atoms with Gasteiger partial charge in [-0.2, -0.15) is 0 Å². The maximum absolute atomic E-state index is 12.1. The standard InChI is InChI=1S/C24H26N6O6/c1-33-17-4-5-18(20(12-17)34-2)27-23-22(30(31)32)24(26-14-25-23)29-9-7-28(8-10-29)13-16-3-6-19-21(11-16)36-15-35-19/h3-6,11-12,14H,7-10,13,15H2,1-2H3,(H,25,26,27). The maximum atomic E-state index is 12.1. The van der Waals surface area contributed by atoms with Crippen LogP contribution in [0.3, 0.4) is 0 Å². The number of anilines is 3. The molecule has 2 aliphatic heterocycles. The Bertz CT molecular complexity index is 1260. The SMILES string of the molecule is COc1ccc(Nc2ncnc(N3CCN(Cc4ccc5c(c4)OCO5)CC3)c2[N+](=O)[O-])c(OC)c1. The molecule has 12 nitrogen and oxygen atoms in total. The Morgan fingerprint density at radius 1 is 1.03 bits per heavy atom. The summed E-state index contributed by atoms with van der Waals surface area (Å²) in [6.45, 7) is 3.63. The molecule has 5 rings (SSSR count). The Kier molecular flexibility index (Phi) is 6.58. The number of nitrogens with zero attached hydrogens (tertiary/aromatic N) is 5. The lowest BCUT2D eigenvalue weighted by Crippen LogP contribution is -2.46. The molecule has 12 heteroatoms. The molecule has 1 fully saturated rings. The average molecular weight is 495 g/mol. The molecule has 0 radical (unpaired) electrons. The molecular formula is C24H26N6O6. The first-order chi connectivity index (χ1) is 17.6. The van der Waals surface area contributed by atoms with Crippen LogP contribution in [0.25, 0.3) is 0 Å². The number of piperazine rings is 1. The fraction of sp³-hybridized carbons (Fsp3) is 0.333. The van der Waals surface area contributed by atoms with Gasteiger partial charge in [-0.3, -0.25) is 15.0 Å². The third kappa shape index (κ3) is 4.75. The van der Waals surface area contributed by atoms with Gasteiger partial charge in [-0.15, -0.1) is 0 Å². The van der Waals surface area contributed by atoms with Crippen LogP contribution >= 0.6 is 0 Å². The summed E-state index contributed by atoms with van der Waals surface area (Å²) in [4.78, 5) is 24.3. The van der Waals surface area contributed by atoms with Crippen LogP contribution in [0.5, 0.6) is 23.0 Å². The molecule has 0 aliphatic carbocycles. The van der Waals surface area contributed by atoms with Crippen molar-refractivity contribution in [3.63, 3.8) is 0 Å². The quantitative estimate of drug-likeness (QED) is 0.367. The van der Waals surface area contributed by atoms with Gasteiger partial charge >= 0.3 is 5.69 Å². The number of rotatable bonds is 8. The Morgan fingerprint density at radius 3 is 2.58 bits per heavy atom. The summed E-state index contributed by atoms with van der Waals surface area (Å²) in [6.07, 6.45) is 1.33. The van der Waals surface area contributed by atoms with E-state index >= 15 is 0 Å². The normalized spacial score (nSPS) is 15.0. The van der Waals surface area contributed by atoms with Crippen LogP contribution in [0.2, 0.25) is 0 Å². The molecule has 2 aromatic carbocycles. The van der Waals surface area contributed by atoms with Crippen molar-refractivity contribution in [2.24, 2.45) is 0 Å². The lowest BCUT2D eigenvalue weighted by atomic mass is 10.1. The van der Waals surface area contributed by atoms with Crippen molar-refractivity contribution in [3.05, 3.63) is 58.4 Å². The molecule has 1 N–H and O–H groups in total. The maximum Gasteiger partial charge on any atom is 0.353 e. The number of aromatic nitrogens is 2. The summed E-state index contributed by atoms with van der Waals surface area (Å²) >= 11 is 0. The Labute approximate surface area is 207 Å². The highest BCUT2D eigenvalue weighted by Gasteiger charge is 2.30. The zero-order chi connectivity index (χ0) is 25.1. The molecule has 0 saturated carbocycles. The van der Waals surface area contributed by atoms with Crippen LogP contribution in [0, 0.1) is 10.1 Å². The molecule has 36 heavy (non-hydrogen) atoms. The van der Waals surface area contributed by atoms with Crippen LogP contribution in [0.4, 0.5) is 23.0 Å². The minimum atomic E-state index is -0.452. The van der Waals surface area contributed by atoms with Crippen LogP contribution in [0.15, 0.2) is 42.7 Å². The highest BCUT2D eigenvalue weighted by atomic mass is 16.7. The van der Waals surface area contributed by atoms with Gasteiger partial charge in [-0.1, -0.05) is 6.07 Å². The summed E-state index contributed by atoms with van der Waals surface area (Å²) in [6, 6.07) is 11.1. The highest BCUT2D eigenvalue weighted by molar-refractivity contribution is 5.76. The number of nitrogens with one attached hydrogen (secondary N) is 1. The van der Waals surface area contributed by atoms with Crippen LogP contribution in [0.1, 0.15) is 5.56 Å². The smallest absolute Gasteiger partial charge is 0.353 e. The minimum Gasteiger partial charge on any atom is -0.497 e. The second-order valence-corrected chi connectivity index (χ2v) is 8.29. The second kappa shape index (κ2) is 10.1. The van der Waals surface area contributed by atoms with E-state index in [-0.39, 0.29) is 24.1 Å². The van der Waals surface area contributed by atoms with E-state index < -0.39 is 4.92 Å². The molecule has 3 heterocycles. The van der Waals surface area contributed by atoms with Gasteiger partial charge in [-0.05, 0) is 29.8 Å². The van der Waals surface area contributed by atoms with Crippen molar-refractivity contribution >= 4 is 23.0 Å². The first-order valence-electron chi connectivity index (χ1n) is 11.4. The second-order valence-electron chi connectivity index (χ2n) is 8.29. The molecule has 1 aromatic heterocycles. The summed E-state index contributed by atoms with van der Waals surface area (Å²) in [5.41, 5.74) is 1.47. The minimum absolute atomic E-state index is 0.0938. The predicted molar refractivity (Wildman–Crippen MR) is 132 cm³/mol. The van der Waals surface area contributed by atoms with Crippen molar-refractivity contribution in [1.82, 2.24) is 14.9 Å². The van der Waals surface area contributed by atoms with Gasteiger partial charge in [0.2, 0.25) is 18.4 Å². The topological polar surface area (TPSA) is 124 Å². The van der Waals surface area contributed by atoms with E-state index in [1.807, 2.05) is 23.1 Å². The molecule has 3 aromatic rings. The van der Waals surface area contributed by atoms with Gasteiger partial charge in [0.05, 0.1) is 24.8 Å². The van der Waals surface area contributed by atoms with Gasteiger partial charge in [0.1, 0.15) is 17.8 Å². The van der Waals surface area contributed by atoms with Gasteiger partial charge in [-0.25, -0.2) is 9.97 Å². The molecule has 1 saturated heterocycles. The lowest BCUT2D eigenvalue weighted by Gasteiger charge is -2.35. The lowest BCUT2D eigenvalue weighted by molar-refractivity contribution is -0.383. The van der Waals surface area contributed by atoms with Crippen molar-refractivity contribution < 1.29 is 23.9 Å². The van der Waals surface area contributed by atoms with E-state index in [4.69, 9.17) is 18.9 Å². The van der Waals surface area contributed by atoms with Crippen LogP contribution < -0.4 is 29.2 Å². The van der Waals surface area contributed by atoms with E-state index in [9.17, 15) is 10.1 Å². The Morgan fingerprint density at radius 2 is 1.83 bits per heavy atom. The molecule has 0 atom stereocenters. The van der Waals surface area contributed by atoms with E-state index in [1.54, 1.807) is 25.3 Å². The monoisotopic (exact) mass is 494 g/mol. The van der Waals surface area contributed by atoms with Crippen molar-refractivity contribution in [1.29, 1.82) is 0 Å². The van der Waals surface area contributed by atoms with Crippen molar-refractivity contribution in [3.8, 4) is 23.0 Å². The molecule has 0 spiro atoms. The van der Waals surface area contributed by atoms with E-state index in [0.717, 1.165) is 36.7 Å². The molecule has 2 aliphatic rings. The largest absolute Gasteiger partial charge is 0.497 e. The zero-order valence-corrected chi connectivity index (χ0v) is 20.0. The fourth-order valence-electron chi connectivity index (χ4n) is 4.31. The van der Waals surface area contributed by atoms with Gasteiger partial charge in [0.15, 0.2) is 11.5 Å². The number of fused-ring (bicyclic) bond motifs is 1. The summed E-state index contributed by atoms with van der Waals surface area (Å²) < 4.78 is 21.5. The van der Waals surface area contributed by atoms with E-state index in [2.05, 4.69) is 20.2 Å².